The number of rotatable bonds is 2. The van der Waals surface area contributed by atoms with Gasteiger partial charge >= 0.3 is 5.97 Å². The van der Waals surface area contributed by atoms with Crippen LogP contribution < -0.4 is 0 Å². The van der Waals surface area contributed by atoms with Gasteiger partial charge in [-0.3, -0.25) is 4.79 Å². The standard InChI is InChI=1S/C6H5BN2O3/c1-12-6(11)5-4(2-10)8-3-9(5)7/h2-3H,1H3. The summed E-state index contributed by atoms with van der Waals surface area (Å²) in [5.41, 5.74) is -0.0724. The van der Waals surface area contributed by atoms with Gasteiger partial charge in [-0.15, -0.1) is 0 Å². The highest BCUT2D eigenvalue weighted by atomic mass is 16.5. The molecule has 1 rings (SSSR count). The zero-order chi connectivity index (χ0) is 9.14. The van der Waals surface area contributed by atoms with Crippen LogP contribution >= 0.6 is 0 Å². The Morgan fingerprint density at radius 2 is 2.50 bits per heavy atom. The van der Waals surface area contributed by atoms with E-state index in [0.717, 1.165) is 10.8 Å². The van der Waals surface area contributed by atoms with Crippen LogP contribution in [0, 0.1) is 0 Å². The predicted octanol–water partition coefficient (Wildman–Crippen LogP) is -0.586. The second-order valence-electron chi connectivity index (χ2n) is 2.00. The van der Waals surface area contributed by atoms with Crippen molar-refractivity contribution >= 4 is 20.2 Å². The predicted molar refractivity (Wildman–Crippen MR) is 40.1 cm³/mol. The molecule has 0 N–H and O–H groups in total. The van der Waals surface area contributed by atoms with Gasteiger partial charge in [0.15, 0.2) is 6.29 Å². The molecule has 0 spiro atoms. The maximum atomic E-state index is 11.0. The summed E-state index contributed by atoms with van der Waals surface area (Å²) in [4.78, 5) is 24.8. The van der Waals surface area contributed by atoms with E-state index in [1.807, 2.05) is 0 Å². The first-order valence-electron chi connectivity index (χ1n) is 3.06. The monoisotopic (exact) mass is 164 g/mol. The number of methoxy groups -OCH3 is 1. The van der Waals surface area contributed by atoms with Gasteiger partial charge in [0.25, 0.3) is 0 Å². The number of hydrogen-bond donors (Lipinski definition) is 0. The molecule has 0 bridgehead atoms. The third kappa shape index (κ3) is 1.23. The second kappa shape index (κ2) is 3.21. The third-order valence-corrected chi connectivity index (χ3v) is 1.31. The lowest BCUT2D eigenvalue weighted by Gasteiger charge is -1.99. The first-order chi connectivity index (χ1) is 5.70. The minimum atomic E-state index is -0.683. The number of carbonyl (C=O) groups excluding carboxylic acids is 2. The fourth-order valence-electron chi connectivity index (χ4n) is 0.768. The highest BCUT2D eigenvalue weighted by molar-refractivity contribution is 6.11. The number of ether oxygens (including phenoxy) is 1. The summed E-state index contributed by atoms with van der Waals surface area (Å²) in [7, 11) is 6.49. The zero-order valence-electron chi connectivity index (χ0n) is 6.35. The van der Waals surface area contributed by atoms with E-state index in [0.29, 0.717) is 6.29 Å². The Bertz CT molecular complexity index is 321. The molecule has 6 heteroatoms. The lowest BCUT2D eigenvalue weighted by atomic mass is 10.3. The summed E-state index contributed by atoms with van der Waals surface area (Å²) in [6.07, 6.45) is 1.60. The summed E-state index contributed by atoms with van der Waals surface area (Å²) in [5, 5.41) is 0. The fraction of sp³-hybridized carbons (Fsp3) is 0.167. The molecule has 12 heavy (non-hydrogen) atoms. The van der Waals surface area contributed by atoms with Crippen molar-refractivity contribution in [2.24, 2.45) is 0 Å². The normalized spacial score (nSPS) is 9.42. The van der Waals surface area contributed by atoms with E-state index in [-0.39, 0.29) is 11.4 Å². The Balaban J connectivity index is 3.18. The molecule has 0 aliphatic carbocycles. The van der Waals surface area contributed by atoms with Gasteiger partial charge in [-0.1, -0.05) is 0 Å². The van der Waals surface area contributed by atoms with Gasteiger partial charge < -0.3 is 9.21 Å². The molecule has 0 aromatic carbocycles. The fourth-order valence-corrected chi connectivity index (χ4v) is 0.768. The first-order valence-corrected chi connectivity index (χ1v) is 3.06. The number of aldehydes is 1. The molecule has 0 aliphatic heterocycles. The van der Waals surface area contributed by atoms with Crippen LogP contribution in [0.1, 0.15) is 21.0 Å². The molecule has 1 aromatic heterocycles. The van der Waals surface area contributed by atoms with Crippen molar-refractivity contribution in [3.05, 3.63) is 17.7 Å². The van der Waals surface area contributed by atoms with Crippen LogP contribution in [-0.4, -0.2) is 36.8 Å². The Kier molecular flexibility index (Phi) is 2.28. The van der Waals surface area contributed by atoms with Crippen molar-refractivity contribution in [2.75, 3.05) is 7.11 Å². The van der Waals surface area contributed by atoms with E-state index in [1.54, 1.807) is 0 Å². The molecule has 0 aliphatic rings. The number of carbonyl (C=O) groups is 2. The lowest BCUT2D eigenvalue weighted by Crippen LogP contribution is -2.10. The quantitative estimate of drug-likeness (QED) is 0.333. The summed E-state index contributed by atoms with van der Waals surface area (Å²) < 4.78 is 5.32. The SMILES string of the molecule is [B]n1cnc(C=O)c1C(=O)OC. The van der Waals surface area contributed by atoms with Crippen LogP contribution in [-0.2, 0) is 4.74 Å². The minimum Gasteiger partial charge on any atom is -0.464 e. The molecule has 0 saturated heterocycles. The van der Waals surface area contributed by atoms with Gasteiger partial charge in [0.1, 0.15) is 11.4 Å². The first kappa shape index (κ1) is 8.51. The topological polar surface area (TPSA) is 61.2 Å². The summed E-state index contributed by atoms with van der Waals surface area (Å²) in [6, 6.07) is 0. The van der Waals surface area contributed by atoms with Crippen molar-refractivity contribution in [3.63, 3.8) is 0 Å². The van der Waals surface area contributed by atoms with Crippen LogP contribution in [0.25, 0.3) is 0 Å². The maximum Gasteiger partial charge on any atom is 0.355 e. The highest BCUT2D eigenvalue weighted by Gasteiger charge is 2.15. The van der Waals surface area contributed by atoms with E-state index >= 15 is 0 Å². The summed E-state index contributed by atoms with van der Waals surface area (Å²) >= 11 is 0. The largest absolute Gasteiger partial charge is 0.464 e. The third-order valence-electron chi connectivity index (χ3n) is 1.31. The molecule has 0 atom stereocenters. The molecular formula is C6H5BN2O3. The number of nitrogens with zero attached hydrogens (tertiary/aromatic N) is 2. The Hall–Kier alpha value is -1.59. The van der Waals surface area contributed by atoms with Crippen molar-refractivity contribution in [3.8, 4) is 0 Å². The molecule has 0 amide bonds. The average Bonchev–Trinajstić information content (AvgIpc) is 2.45. The number of aromatic nitrogens is 2. The van der Waals surface area contributed by atoms with E-state index in [1.165, 1.54) is 7.11 Å². The molecule has 0 saturated carbocycles. The van der Waals surface area contributed by atoms with Crippen LogP contribution in [0.3, 0.4) is 0 Å². The van der Waals surface area contributed by atoms with E-state index in [4.69, 9.17) is 7.98 Å². The summed E-state index contributed by atoms with van der Waals surface area (Å²) in [5.74, 6) is -0.683. The molecular weight excluding hydrogens is 159 g/mol. The van der Waals surface area contributed by atoms with Gasteiger partial charge in [0, 0.05) is 0 Å². The molecule has 0 unspecified atom stereocenters. The molecule has 5 nitrogen and oxygen atoms in total. The van der Waals surface area contributed by atoms with Crippen molar-refractivity contribution in [1.82, 2.24) is 9.46 Å². The van der Waals surface area contributed by atoms with Gasteiger partial charge in [0.05, 0.1) is 13.4 Å². The number of esters is 1. The van der Waals surface area contributed by atoms with Gasteiger partial charge in [-0.25, -0.2) is 9.78 Å². The minimum absolute atomic E-state index is 0.0237. The Morgan fingerprint density at radius 3 is 3.00 bits per heavy atom. The van der Waals surface area contributed by atoms with E-state index in [2.05, 4.69) is 9.72 Å². The molecule has 0 fully saturated rings. The molecule has 1 aromatic rings. The zero-order valence-corrected chi connectivity index (χ0v) is 6.35. The van der Waals surface area contributed by atoms with Crippen LogP contribution in [0.4, 0.5) is 0 Å². The van der Waals surface area contributed by atoms with Gasteiger partial charge in [0.2, 0.25) is 7.98 Å². The number of hydrogen-bond acceptors (Lipinski definition) is 4. The Labute approximate surface area is 69.8 Å². The van der Waals surface area contributed by atoms with Gasteiger partial charge in [-0.2, -0.15) is 0 Å². The van der Waals surface area contributed by atoms with Crippen molar-refractivity contribution < 1.29 is 14.3 Å². The van der Waals surface area contributed by atoms with Crippen LogP contribution in [0.5, 0.6) is 0 Å². The summed E-state index contributed by atoms with van der Waals surface area (Å²) in [6.45, 7) is 0. The van der Waals surface area contributed by atoms with E-state index in [9.17, 15) is 9.59 Å². The van der Waals surface area contributed by atoms with Crippen molar-refractivity contribution in [1.29, 1.82) is 0 Å². The van der Waals surface area contributed by atoms with Crippen LogP contribution in [0.15, 0.2) is 6.33 Å². The second-order valence-corrected chi connectivity index (χ2v) is 2.00. The Morgan fingerprint density at radius 1 is 1.83 bits per heavy atom. The van der Waals surface area contributed by atoms with Gasteiger partial charge in [-0.05, 0) is 0 Å². The highest BCUT2D eigenvalue weighted by Crippen LogP contribution is 2.03. The maximum absolute atomic E-state index is 11.0. The van der Waals surface area contributed by atoms with Crippen molar-refractivity contribution in [2.45, 2.75) is 0 Å². The smallest absolute Gasteiger partial charge is 0.355 e. The lowest BCUT2D eigenvalue weighted by molar-refractivity contribution is 0.0590. The average molecular weight is 164 g/mol. The van der Waals surface area contributed by atoms with E-state index < -0.39 is 5.97 Å². The molecule has 60 valence electrons. The molecule has 1 heterocycles. The number of imidazole rings is 1. The van der Waals surface area contributed by atoms with Crippen LogP contribution in [0.2, 0.25) is 0 Å². The molecule has 2 radical (unpaired) electrons.